The van der Waals surface area contributed by atoms with Crippen LogP contribution in [0.2, 0.25) is 0 Å². The van der Waals surface area contributed by atoms with E-state index in [2.05, 4.69) is 15.3 Å². The van der Waals surface area contributed by atoms with Crippen LogP contribution in [0, 0.1) is 0 Å². The number of para-hydroxylation sites is 1. The number of fused-ring (bicyclic) bond motifs is 1. The van der Waals surface area contributed by atoms with Gasteiger partial charge in [0.25, 0.3) is 5.91 Å². The van der Waals surface area contributed by atoms with Crippen molar-refractivity contribution in [1.29, 1.82) is 0 Å². The van der Waals surface area contributed by atoms with E-state index in [1.165, 1.54) is 6.33 Å². The van der Waals surface area contributed by atoms with E-state index in [9.17, 15) is 4.79 Å². The van der Waals surface area contributed by atoms with Crippen LogP contribution in [0.1, 0.15) is 23.2 Å². The van der Waals surface area contributed by atoms with Gasteiger partial charge in [-0.05, 0) is 18.9 Å². The third-order valence-corrected chi connectivity index (χ3v) is 3.27. The number of nitrogens with zero attached hydrogens (tertiary/aromatic N) is 2. The molecule has 1 aromatic carbocycles. The molecule has 98 valence electrons. The fraction of sp³-hybridized carbons (Fsp3) is 0.357. The third kappa shape index (κ3) is 2.56. The molecule has 3 rings (SSSR count). The Labute approximate surface area is 111 Å². The molecule has 1 unspecified atom stereocenters. The Balaban J connectivity index is 1.85. The monoisotopic (exact) mass is 257 g/mol. The molecule has 2 aromatic rings. The molecule has 5 heteroatoms. The number of hydrogen-bond acceptors (Lipinski definition) is 4. The van der Waals surface area contributed by atoms with Crippen LogP contribution in [0.3, 0.4) is 0 Å². The molecular formula is C14H15N3O2. The predicted molar refractivity (Wildman–Crippen MR) is 70.8 cm³/mol. The van der Waals surface area contributed by atoms with Crippen LogP contribution in [0.5, 0.6) is 0 Å². The van der Waals surface area contributed by atoms with E-state index in [0.29, 0.717) is 17.7 Å². The fourth-order valence-corrected chi connectivity index (χ4v) is 2.32. The lowest BCUT2D eigenvalue weighted by Gasteiger charge is -2.23. The van der Waals surface area contributed by atoms with Crippen molar-refractivity contribution in [3.8, 4) is 0 Å². The Kier molecular flexibility index (Phi) is 3.37. The number of carbonyl (C=O) groups excluding carboxylic acids is 1. The maximum atomic E-state index is 12.3. The summed E-state index contributed by atoms with van der Waals surface area (Å²) in [5, 5.41) is 3.87. The van der Waals surface area contributed by atoms with Crippen molar-refractivity contribution in [1.82, 2.24) is 15.3 Å². The standard InChI is InChI=1S/C14H15N3O2/c18-14(17-11-4-2-6-19-8-11)12-5-1-3-10-7-15-9-16-13(10)12/h1,3,5,7,9,11H,2,4,6,8H2,(H,17,18). The van der Waals surface area contributed by atoms with Crippen molar-refractivity contribution < 1.29 is 9.53 Å². The Morgan fingerprint density at radius 3 is 3.21 bits per heavy atom. The molecule has 0 aliphatic carbocycles. The number of benzene rings is 1. The van der Waals surface area contributed by atoms with Gasteiger partial charge in [-0.3, -0.25) is 4.79 Å². The number of ether oxygens (including phenoxy) is 1. The maximum absolute atomic E-state index is 12.3. The second-order valence-electron chi connectivity index (χ2n) is 4.65. The maximum Gasteiger partial charge on any atom is 0.253 e. The number of hydrogen-bond donors (Lipinski definition) is 1. The van der Waals surface area contributed by atoms with Crippen LogP contribution < -0.4 is 5.32 Å². The highest BCUT2D eigenvalue weighted by Crippen LogP contribution is 2.15. The number of nitrogens with one attached hydrogen (secondary N) is 1. The van der Waals surface area contributed by atoms with Gasteiger partial charge in [-0.1, -0.05) is 12.1 Å². The summed E-state index contributed by atoms with van der Waals surface area (Å²) >= 11 is 0. The SMILES string of the molecule is O=C(NC1CCCOC1)c1cccc2cncnc12. The van der Waals surface area contributed by atoms with Gasteiger partial charge in [0, 0.05) is 18.2 Å². The topological polar surface area (TPSA) is 64.1 Å². The lowest BCUT2D eigenvalue weighted by atomic mass is 10.1. The summed E-state index contributed by atoms with van der Waals surface area (Å²) in [5.74, 6) is -0.0974. The van der Waals surface area contributed by atoms with Crippen LogP contribution in [0.15, 0.2) is 30.7 Å². The molecule has 1 fully saturated rings. The highest BCUT2D eigenvalue weighted by molar-refractivity contribution is 6.05. The summed E-state index contributed by atoms with van der Waals surface area (Å²) in [6.07, 6.45) is 5.12. The molecule has 1 saturated heterocycles. The predicted octanol–water partition coefficient (Wildman–Crippen LogP) is 1.54. The van der Waals surface area contributed by atoms with Crippen molar-refractivity contribution in [3.05, 3.63) is 36.3 Å². The Morgan fingerprint density at radius 2 is 2.37 bits per heavy atom. The van der Waals surface area contributed by atoms with Crippen molar-refractivity contribution >= 4 is 16.8 Å². The molecule has 0 radical (unpaired) electrons. The molecule has 1 amide bonds. The largest absolute Gasteiger partial charge is 0.379 e. The van der Waals surface area contributed by atoms with E-state index in [0.717, 1.165) is 24.8 Å². The van der Waals surface area contributed by atoms with Crippen LogP contribution in [0.4, 0.5) is 0 Å². The van der Waals surface area contributed by atoms with E-state index < -0.39 is 0 Å². The second-order valence-corrected chi connectivity index (χ2v) is 4.65. The minimum Gasteiger partial charge on any atom is -0.379 e. The normalized spacial score (nSPS) is 19.3. The van der Waals surface area contributed by atoms with Gasteiger partial charge in [0.05, 0.1) is 23.7 Å². The first-order valence-electron chi connectivity index (χ1n) is 6.42. The summed E-state index contributed by atoms with van der Waals surface area (Å²) < 4.78 is 5.37. The zero-order valence-electron chi connectivity index (χ0n) is 10.5. The first-order valence-corrected chi connectivity index (χ1v) is 6.42. The van der Waals surface area contributed by atoms with Crippen LogP contribution >= 0.6 is 0 Å². The van der Waals surface area contributed by atoms with E-state index in [4.69, 9.17) is 4.74 Å². The van der Waals surface area contributed by atoms with Gasteiger partial charge >= 0.3 is 0 Å². The second kappa shape index (κ2) is 5.32. The van der Waals surface area contributed by atoms with Crippen molar-refractivity contribution in [2.75, 3.05) is 13.2 Å². The minimum atomic E-state index is -0.0974. The first kappa shape index (κ1) is 12.0. The first-order chi connectivity index (χ1) is 9.34. The zero-order chi connectivity index (χ0) is 13.1. The average molecular weight is 257 g/mol. The molecular weight excluding hydrogens is 242 g/mol. The smallest absolute Gasteiger partial charge is 0.253 e. The number of rotatable bonds is 2. The van der Waals surface area contributed by atoms with Gasteiger partial charge in [-0.15, -0.1) is 0 Å². The van der Waals surface area contributed by atoms with Gasteiger partial charge in [-0.2, -0.15) is 0 Å². The lowest BCUT2D eigenvalue weighted by Crippen LogP contribution is -2.40. The Morgan fingerprint density at radius 1 is 1.42 bits per heavy atom. The van der Waals surface area contributed by atoms with Crippen molar-refractivity contribution in [2.45, 2.75) is 18.9 Å². The summed E-state index contributed by atoms with van der Waals surface area (Å²) in [5.41, 5.74) is 1.28. The molecule has 1 aromatic heterocycles. The summed E-state index contributed by atoms with van der Waals surface area (Å²) in [4.78, 5) is 20.5. The Hall–Kier alpha value is -2.01. The molecule has 2 heterocycles. The summed E-state index contributed by atoms with van der Waals surface area (Å²) in [6.45, 7) is 1.37. The van der Waals surface area contributed by atoms with Gasteiger partial charge in [0.1, 0.15) is 6.33 Å². The van der Waals surface area contributed by atoms with E-state index >= 15 is 0 Å². The highest BCUT2D eigenvalue weighted by atomic mass is 16.5. The molecule has 1 N–H and O–H groups in total. The minimum absolute atomic E-state index is 0.0957. The van der Waals surface area contributed by atoms with Gasteiger partial charge in [0.15, 0.2) is 0 Å². The van der Waals surface area contributed by atoms with Gasteiger partial charge < -0.3 is 10.1 Å². The molecule has 5 nitrogen and oxygen atoms in total. The van der Waals surface area contributed by atoms with Crippen molar-refractivity contribution in [3.63, 3.8) is 0 Å². The molecule has 19 heavy (non-hydrogen) atoms. The van der Waals surface area contributed by atoms with Gasteiger partial charge in [-0.25, -0.2) is 9.97 Å². The third-order valence-electron chi connectivity index (χ3n) is 3.27. The van der Waals surface area contributed by atoms with Crippen LogP contribution in [-0.4, -0.2) is 35.1 Å². The van der Waals surface area contributed by atoms with E-state index in [-0.39, 0.29) is 11.9 Å². The van der Waals surface area contributed by atoms with Crippen LogP contribution in [-0.2, 0) is 4.74 Å². The molecule has 0 saturated carbocycles. The summed E-state index contributed by atoms with van der Waals surface area (Å²) in [7, 11) is 0. The van der Waals surface area contributed by atoms with E-state index in [1.807, 2.05) is 12.1 Å². The molecule has 1 atom stereocenters. The fourth-order valence-electron chi connectivity index (χ4n) is 2.32. The van der Waals surface area contributed by atoms with Gasteiger partial charge in [0.2, 0.25) is 0 Å². The lowest BCUT2D eigenvalue weighted by molar-refractivity contribution is 0.0625. The zero-order valence-corrected chi connectivity index (χ0v) is 10.5. The Bertz CT molecular complexity index is 589. The quantitative estimate of drug-likeness (QED) is 0.886. The number of aromatic nitrogens is 2. The van der Waals surface area contributed by atoms with Crippen molar-refractivity contribution in [2.24, 2.45) is 0 Å². The number of carbonyl (C=O) groups is 1. The van der Waals surface area contributed by atoms with Crippen LogP contribution in [0.25, 0.3) is 10.9 Å². The average Bonchev–Trinajstić information content (AvgIpc) is 2.47. The molecule has 1 aliphatic heterocycles. The molecule has 1 aliphatic rings. The summed E-state index contributed by atoms with van der Waals surface area (Å²) in [6, 6.07) is 5.63. The number of amides is 1. The molecule has 0 bridgehead atoms. The molecule has 0 spiro atoms. The highest BCUT2D eigenvalue weighted by Gasteiger charge is 2.18. The van der Waals surface area contributed by atoms with E-state index in [1.54, 1.807) is 12.3 Å².